The van der Waals surface area contributed by atoms with Crippen LogP contribution in [0.3, 0.4) is 0 Å². The first kappa shape index (κ1) is 28.9. The molecule has 2 unspecified atom stereocenters. The van der Waals surface area contributed by atoms with Crippen molar-refractivity contribution in [2.24, 2.45) is 5.73 Å². The smallest absolute Gasteiger partial charge is 0.0637 e. The van der Waals surface area contributed by atoms with Crippen molar-refractivity contribution in [1.29, 1.82) is 0 Å². The minimum absolute atomic E-state index is 0.103. The molecule has 5 N–H and O–H groups in total. The van der Waals surface area contributed by atoms with Crippen molar-refractivity contribution in [3.63, 3.8) is 0 Å². The second-order valence-corrected chi connectivity index (χ2v) is 11.2. The van der Waals surface area contributed by atoms with Crippen molar-refractivity contribution in [3.05, 3.63) is 161 Å². The Morgan fingerprint density at radius 2 is 1.76 bits per heavy atom. The Labute approximate surface area is 253 Å². The van der Waals surface area contributed by atoms with Gasteiger partial charge in [-0.05, 0) is 36.4 Å². The van der Waals surface area contributed by atoms with Gasteiger partial charge in [-0.25, -0.2) is 0 Å². The summed E-state index contributed by atoms with van der Waals surface area (Å²) in [6, 6.07) is 21.7. The SMILES string of the molecule is C=C/C=C\C(NC)C1C=CC=C(c2sc(C/C=C\C=C(/N)C3=CC=CCN3)c(-c3ccccc3)c2-c2ccccc2)N1. The van der Waals surface area contributed by atoms with E-state index >= 15 is 0 Å². The van der Waals surface area contributed by atoms with Crippen LogP contribution < -0.4 is 21.7 Å². The van der Waals surface area contributed by atoms with Crippen LogP contribution in [0.2, 0.25) is 0 Å². The van der Waals surface area contributed by atoms with Crippen LogP contribution in [0.4, 0.5) is 0 Å². The molecule has 0 saturated heterocycles. The highest BCUT2D eigenvalue weighted by Gasteiger charge is 2.25. The molecular weight excluding hydrogens is 533 g/mol. The lowest BCUT2D eigenvalue weighted by molar-refractivity contribution is 0.553. The van der Waals surface area contributed by atoms with Crippen LogP contribution in [0.5, 0.6) is 0 Å². The summed E-state index contributed by atoms with van der Waals surface area (Å²) < 4.78 is 0. The predicted octanol–water partition coefficient (Wildman–Crippen LogP) is 7.27. The van der Waals surface area contributed by atoms with E-state index in [9.17, 15) is 0 Å². The van der Waals surface area contributed by atoms with Gasteiger partial charge in [0.05, 0.1) is 28.0 Å². The molecule has 4 nitrogen and oxygen atoms in total. The van der Waals surface area contributed by atoms with E-state index in [0.29, 0.717) is 0 Å². The Hall–Kier alpha value is -4.58. The summed E-state index contributed by atoms with van der Waals surface area (Å²) in [5.74, 6) is 0. The summed E-state index contributed by atoms with van der Waals surface area (Å²) in [6.45, 7) is 4.63. The van der Waals surface area contributed by atoms with Gasteiger partial charge in [0.15, 0.2) is 0 Å². The van der Waals surface area contributed by atoms with E-state index < -0.39 is 0 Å². The normalized spacial score (nSPS) is 17.5. The van der Waals surface area contributed by atoms with Crippen LogP contribution in [0.15, 0.2) is 152 Å². The van der Waals surface area contributed by atoms with Crippen molar-refractivity contribution in [3.8, 4) is 22.3 Å². The summed E-state index contributed by atoms with van der Waals surface area (Å²) in [4.78, 5) is 2.54. The molecule has 1 aromatic heterocycles. The zero-order valence-corrected chi connectivity index (χ0v) is 24.8. The Bertz CT molecular complexity index is 1580. The average molecular weight is 571 g/mol. The van der Waals surface area contributed by atoms with Crippen LogP contribution in [-0.4, -0.2) is 25.7 Å². The minimum atomic E-state index is 0.103. The van der Waals surface area contributed by atoms with Gasteiger partial charge in [-0.3, -0.25) is 0 Å². The molecule has 0 aliphatic carbocycles. The molecule has 0 saturated carbocycles. The minimum Gasteiger partial charge on any atom is -0.397 e. The van der Waals surface area contributed by atoms with Gasteiger partial charge < -0.3 is 21.7 Å². The molecule has 0 spiro atoms. The number of thiophene rings is 1. The number of nitrogens with two attached hydrogens (primary N) is 1. The molecule has 2 aliphatic heterocycles. The van der Waals surface area contributed by atoms with Crippen molar-refractivity contribution in [2.75, 3.05) is 13.6 Å². The van der Waals surface area contributed by atoms with Crippen molar-refractivity contribution >= 4 is 17.0 Å². The lowest BCUT2D eigenvalue weighted by Gasteiger charge is -2.27. The molecule has 212 valence electrons. The first-order valence-electron chi connectivity index (χ1n) is 14.3. The van der Waals surface area contributed by atoms with E-state index in [-0.39, 0.29) is 12.1 Å². The molecule has 0 amide bonds. The number of likely N-dealkylation sites (N-methyl/N-ethyl adjacent to an activating group) is 1. The highest BCUT2D eigenvalue weighted by atomic mass is 32.1. The number of nitrogens with one attached hydrogen (secondary N) is 3. The third kappa shape index (κ3) is 6.82. The van der Waals surface area contributed by atoms with E-state index in [1.165, 1.54) is 32.0 Å². The maximum Gasteiger partial charge on any atom is 0.0637 e. The molecule has 2 aliphatic rings. The molecule has 5 rings (SSSR count). The highest BCUT2D eigenvalue weighted by Crippen LogP contribution is 2.46. The van der Waals surface area contributed by atoms with Gasteiger partial charge in [-0.1, -0.05) is 122 Å². The second kappa shape index (κ2) is 14.4. The van der Waals surface area contributed by atoms with Gasteiger partial charge in [-0.15, -0.1) is 11.3 Å². The van der Waals surface area contributed by atoms with E-state index in [4.69, 9.17) is 5.73 Å². The second-order valence-electron chi connectivity index (χ2n) is 10.1. The van der Waals surface area contributed by atoms with Crippen LogP contribution in [0, 0.1) is 0 Å². The first-order chi connectivity index (χ1) is 20.7. The molecule has 0 radical (unpaired) electrons. The third-order valence-corrected chi connectivity index (χ3v) is 8.51. The zero-order valence-electron chi connectivity index (χ0n) is 24.0. The number of dihydropyridines is 2. The van der Waals surface area contributed by atoms with Gasteiger partial charge in [0.25, 0.3) is 0 Å². The lowest BCUT2D eigenvalue weighted by atomic mass is 9.92. The van der Waals surface area contributed by atoms with Gasteiger partial charge >= 0.3 is 0 Å². The van der Waals surface area contributed by atoms with Crippen LogP contribution in [0.25, 0.3) is 28.0 Å². The summed E-state index contributed by atoms with van der Waals surface area (Å²) in [7, 11) is 1.99. The van der Waals surface area contributed by atoms with Gasteiger partial charge in [0.2, 0.25) is 0 Å². The Balaban J connectivity index is 1.56. The van der Waals surface area contributed by atoms with Gasteiger partial charge in [0, 0.05) is 35.0 Å². The molecular formula is C37H38N4S. The zero-order chi connectivity index (χ0) is 29.1. The molecule has 0 fully saturated rings. The number of benzene rings is 2. The summed E-state index contributed by atoms with van der Waals surface area (Å²) in [5, 5.41) is 10.6. The van der Waals surface area contributed by atoms with Crippen LogP contribution in [-0.2, 0) is 6.42 Å². The maximum absolute atomic E-state index is 6.34. The largest absolute Gasteiger partial charge is 0.397 e. The molecule has 3 aromatic rings. The topological polar surface area (TPSA) is 62.1 Å². The van der Waals surface area contributed by atoms with E-state index in [1.807, 2.05) is 48.8 Å². The number of allylic oxidation sites excluding steroid dienone is 9. The highest BCUT2D eigenvalue weighted by molar-refractivity contribution is 7.14. The number of hydrogen-bond acceptors (Lipinski definition) is 5. The van der Waals surface area contributed by atoms with Gasteiger partial charge in [0.1, 0.15) is 0 Å². The van der Waals surface area contributed by atoms with Crippen LogP contribution in [0.1, 0.15) is 9.75 Å². The predicted molar refractivity (Wildman–Crippen MR) is 182 cm³/mol. The summed E-state index contributed by atoms with van der Waals surface area (Å²) >= 11 is 1.85. The van der Waals surface area contributed by atoms with Crippen LogP contribution >= 0.6 is 11.3 Å². The maximum atomic E-state index is 6.34. The van der Waals surface area contributed by atoms with E-state index in [2.05, 4.69) is 126 Å². The third-order valence-electron chi connectivity index (χ3n) is 7.26. The Morgan fingerprint density at radius 3 is 2.43 bits per heavy atom. The quantitative estimate of drug-likeness (QED) is 0.183. The molecule has 3 heterocycles. The monoisotopic (exact) mass is 570 g/mol. The molecule has 5 heteroatoms. The van der Waals surface area contributed by atoms with E-state index in [1.54, 1.807) is 0 Å². The Morgan fingerprint density at radius 1 is 1.02 bits per heavy atom. The van der Waals surface area contributed by atoms with Gasteiger partial charge in [-0.2, -0.15) is 0 Å². The molecule has 0 bridgehead atoms. The van der Waals surface area contributed by atoms with Crippen molar-refractivity contribution in [2.45, 2.75) is 18.5 Å². The fourth-order valence-electron chi connectivity index (χ4n) is 5.19. The van der Waals surface area contributed by atoms with E-state index in [0.717, 1.165) is 30.1 Å². The number of hydrogen-bond donors (Lipinski definition) is 4. The first-order valence-corrected chi connectivity index (χ1v) is 15.1. The Kier molecular flexibility index (Phi) is 9.89. The molecule has 42 heavy (non-hydrogen) atoms. The lowest BCUT2D eigenvalue weighted by Crippen LogP contribution is -2.44. The summed E-state index contributed by atoms with van der Waals surface area (Å²) in [5.41, 5.74) is 14.1. The summed E-state index contributed by atoms with van der Waals surface area (Å²) in [6.07, 6.45) is 25.6. The van der Waals surface area contributed by atoms with Crippen molar-refractivity contribution in [1.82, 2.24) is 16.0 Å². The standard InChI is InChI=1S/C37H38N4S/c1-3-4-21-31(39-2)32-23-15-24-33(41-32)37-36(28-18-9-6-10-19-28)35(27-16-7-5-8-17-27)34(42-37)25-12-11-20-29(38)30-22-13-14-26-40-30/h3-24,31-32,39-41H,1,25-26,38H2,2H3/b12-11-,21-4-,29-20-. The van der Waals surface area contributed by atoms with Crippen molar-refractivity contribution < 1.29 is 0 Å². The fourth-order valence-corrected chi connectivity index (χ4v) is 6.50. The average Bonchev–Trinajstić information content (AvgIpc) is 3.44. The molecule has 2 aromatic carbocycles. The molecule has 2 atom stereocenters. The fraction of sp³-hybridized carbons (Fsp3) is 0.135. The number of rotatable bonds is 11.